The van der Waals surface area contributed by atoms with E-state index >= 15 is 0 Å². The molecule has 86 valence electrons. The van der Waals surface area contributed by atoms with Gasteiger partial charge in [0.1, 0.15) is 0 Å². The molecule has 0 unspecified atom stereocenters. The lowest BCUT2D eigenvalue weighted by molar-refractivity contribution is 0.412. The molecule has 0 atom stereocenters. The van der Waals surface area contributed by atoms with Crippen molar-refractivity contribution in [1.29, 1.82) is 0 Å². The molecule has 14 heavy (non-hydrogen) atoms. The monoisotopic (exact) mass is 223 g/mol. The average Bonchev–Trinajstić information content (AvgIpc) is 2.03. The second-order valence-corrected chi connectivity index (χ2v) is 5.40. The van der Waals surface area contributed by atoms with Crippen molar-refractivity contribution in [2.24, 2.45) is 0 Å². The van der Waals surface area contributed by atoms with Crippen molar-refractivity contribution in [3.8, 4) is 0 Å². The van der Waals surface area contributed by atoms with Crippen LogP contribution < -0.4 is 10.0 Å². The molecule has 5 nitrogen and oxygen atoms in total. The van der Waals surface area contributed by atoms with Crippen LogP contribution in [0.1, 0.15) is 6.42 Å². The first-order valence-electron chi connectivity index (χ1n) is 4.74. The van der Waals surface area contributed by atoms with Gasteiger partial charge < -0.3 is 10.2 Å². The van der Waals surface area contributed by atoms with E-state index in [1.807, 2.05) is 26.0 Å². The Morgan fingerprint density at radius 3 is 2.36 bits per heavy atom. The van der Waals surface area contributed by atoms with Crippen molar-refractivity contribution >= 4 is 10.0 Å². The summed E-state index contributed by atoms with van der Waals surface area (Å²) in [6, 6.07) is 0. The lowest BCUT2D eigenvalue weighted by Crippen LogP contribution is -2.33. The van der Waals surface area contributed by atoms with Crippen LogP contribution in [-0.2, 0) is 10.0 Å². The van der Waals surface area contributed by atoms with Crippen LogP contribution in [0.25, 0.3) is 0 Å². The van der Waals surface area contributed by atoms with Gasteiger partial charge in [-0.15, -0.1) is 0 Å². The van der Waals surface area contributed by atoms with E-state index in [-0.39, 0.29) is 5.75 Å². The van der Waals surface area contributed by atoms with Crippen molar-refractivity contribution in [2.75, 3.05) is 46.5 Å². The number of sulfonamides is 1. The van der Waals surface area contributed by atoms with E-state index in [1.165, 1.54) is 0 Å². The van der Waals surface area contributed by atoms with Gasteiger partial charge in [-0.1, -0.05) is 0 Å². The number of likely N-dealkylation sites (N-methyl/N-ethyl adjacent to an activating group) is 1. The summed E-state index contributed by atoms with van der Waals surface area (Å²) in [5.74, 6) is 0.196. The standard InChI is InChI=1S/C8H21N3O2S/c1-9-5-4-8-14(12,13)10-6-7-11(2)3/h9-10H,4-8H2,1-3H3. The Labute approximate surface area is 86.9 Å². The van der Waals surface area contributed by atoms with E-state index in [9.17, 15) is 8.42 Å². The molecule has 0 fully saturated rings. The second-order valence-electron chi connectivity index (χ2n) is 3.47. The lowest BCUT2D eigenvalue weighted by Gasteiger charge is -2.10. The molecule has 0 aliphatic rings. The van der Waals surface area contributed by atoms with E-state index in [2.05, 4.69) is 10.0 Å². The summed E-state index contributed by atoms with van der Waals surface area (Å²) in [7, 11) is 2.57. The van der Waals surface area contributed by atoms with Gasteiger partial charge in [-0.2, -0.15) is 0 Å². The van der Waals surface area contributed by atoms with Gasteiger partial charge in [0, 0.05) is 13.1 Å². The number of nitrogens with zero attached hydrogens (tertiary/aromatic N) is 1. The van der Waals surface area contributed by atoms with E-state index in [0.717, 1.165) is 13.1 Å². The first-order valence-corrected chi connectivity index (χ1v) is 6.40. The number of rotatable bonds is 8. The van der Waals surface area contributed by atoms with Gasteiger partial charge in [0.05, 0.1) is 5.75 Å². The van der Waals surface area contributed by atoms with Gasteiger partial charge in [-0.3, -0.25) is 0 Å². The largest absolute Gasteiger partial charge is 0.320 e. The van der Waals surface area contributed by atoms with Crippen LogP contribution in [-0.4, -0.2) is 59.8 Å². The van der Waals surface area contributed by atoms with Crippen LogP contribution in [0.2, 0.25) is 0 Å². The molecule has 0 aromatic heterocycles. The minimum atomic E-state index is -3.07. The molecular formula is C8H21N3O2S. The maximum Gasteiger partial charge on any atom is 0.211 e. The zero-order valence-corrected chi connectivity index (χ0v) is 10.0. The van der Waals surface area contributed by atoms with E-state index in [0.29, 0.717) is 13.0 Å². The summed E-state index contributed by atoms with van der Waals surface area (Å²) in [5.41, 5.74) is 0. The minimum absolute atomic E-state index is 0.196. The van der Waals surface area contributed by atoms with Gasteiger partial charge in [-0.05, 0) is 34.1 Å². The van der Waals surface area contributed by atoms with Crippen molar-refractivity contribution in [3.63, 3.8) is 0 Å². The van der Waals surface area contributed by atoms with Crippen LogP contribution in [0.15, 0.2) is 0 Å². The minimum Gasteiger partial charge on any atom is -0.320 e. The van der Waals surface area contributed by atoms with Gasteiger partial charge in [0.2, 0.25) is 10.0 Å². The van der Waals surface area contributed by atoms with Crippen LogP contribution in [0.3, 0.4) is 0 Å². The maximum atomic E-state index is 11.3. The number of nitrogens with one attached hydrogen (secondary N) is 2. The summed E-state index contributed by atoms with van der Waals surface area (Å²) in [4.78, 5) is 1.94. The number of hydrogen-bond donors (Lipinski definition) is 2. The fraction of sp³-hybridized carbons (Fsp3) is 1.00. The summed E-state index contributed by atoms with van der Waals surface area (Å²) in [6.07, 6.45) is 0.647. The molecule has 0 aromatic carbocycles. The molecule has 0 amide bonds. The van der Waals surface area contributed by atoms with E-state index in [4.69, 9.17) is 0 Å². The average molecular weight is 223 g/mol. The first kappa shape index (κ1) is 13.8. The van der Waals surface area contributed by atoms with Crippen molar-refractivity contribution in [2.45, 2.75) is 6.42 Å². The van der Waals surface area contributed by atoms with Crippen molar-refractivity contribution in [1.82, 2.24) is 14.9 Å². The molecule has 6 heteroatoms. The molecule has 0 spiro atoms. The summed E-state index contributed by atoms with van der Waals surface area (Å²) in [5, 5.41) is 2.91. The van der Waals surface area contributed by atoms with Gasteiger partial charge in [-0.25, -0.2) is 13.1 Å². The van der Waals surface area contributed by atoms with Crippen LogP contribution >= 0.6 is 0 Å². The van der Waals surface area contributed by atoms with E-state index in [1.54, 1.807) is 0 Å². The van der Waals surface area contributed by atoms with Gasteiger partial charge in [0.15, 0.2) is 0 Å². The van der Waals surface area contributed by atoms with Crippen molar-refractivity contribution < 1.29 is 8.42 Å². The predicted molar refractivity (Wildman–Crippen MR) is 58.9 cm³/mol. The highest BCUT2D eigenvalue weighted by molar-refractivity contribution is 7.89. The topological polar surface area (TPSA) is 61.4 Å². The first-order chi connectivity index (χ1) is 6.48. The molecular weight excluding hydrogens is 202 g/mol. The Kier molecular flexibility index (Phi) is 7.08. The zero-order valence-electron chi connectivity index (χ0n) is 9.21. The highest BCUT2D eigenvalue weighted by atomic mass is 32.2. The molecule has 2 N–H and O–H groups in total. The van der Waals surface area contributed by atoms with Crippen LogP contribution in [0, 0.1) is 0 Å². The molecule has 0 radical (unpaired) electrons. The fourth-order valence-corrected chi connectivity index (χ4v) is 2.01. The van der Waals surface area contributed by atoms with E-state index < -0.39 is 10.0 Å². The zero-order chi connectivity index (χ0) is 11.0. The molecule has 0 rings (SSSR count). The normalized spacial score (nSPS) is 12.3. The van der Waals surface area contributed by atoms with Crippen molar-refractivity contribution in [3.05, 3.63) is 0 Å². The van der Waals surface area contributed by atoms with Gasteiger partial charge >= 0.3 is 0 Å². The summed E-state index contributed by atoms with van der Waals surface area (Å²) < 4.78 is 25.2. The number of hydrogen-bond acceptors (Lipinski definition) is 4. The Balaban J connectivity index is 3.62. The molecule has 0 saturated heterocycles. The van der Waals surface area contributed by atoms with Gasteiger partial charge in [0.25, 0.3) is 0 Å². The quantitative estimate of drug-likeness (QED) is 0.522. The maximum absolute atomic E-state index is 11.3. The summed E-state index contributed by atoms with van der Waals surface area (Å²) in [6.45, 7) is 1.94. The van der Waals surface area contributed by atoms with Crippen LogP contribution in [0.4, 0.5) is 0 Å². The Bertz CT molecular complexity index is 227. The highest BCUT2D eigenvalue weighted by Gasteiger charge is 2.08. The SMILES string of the molecule is CNCCCS(=O)(=O)NCCN(C)C. The Morgan fingerprint density at radius 1 is 1.21 bits per heavy atom. The molecule has 0 bridgehead atoms. The smallest absolute Gasteiger partial charge is 0.211 e. The predicted octanol–water partition coefficient (Wildman–Crippen LogP) is -0.923. The third-order valence-electron chi connectivity index (χ3n) is 1.72. The van der Waals surface area contributed by atoms with Crippen LogP contribution in [0.5, 0.6) is 0 Å². The molecule has 0 heterocycles. The highest BCUT2D eigenvalue weighted by Crippen LogP contribution is 1.88. The third kappa shape index (κ3) is 8.43. The fourth-order valence-electron chi connectivity index (χ4n) is 0.936. The Morgan fingerprint density at radius 2 is 1.86 bits per heavy atom. The third-order valence-corrected chi connectivity index (χ3v) is 3.19. The molecule has 0 aromatic rings. The molecule has 0 aliphatic carbocycles. The summed E-state index contributed by atoms with van der Waals surface area (Å²) >= 11 is 0. The lowest BCUT2D eigenvalue weighted by atomic mass is 10.5. The second kappa shape index (κ2) is 7.17. The molecule has 0 saturated carbocycles. The Hall–Kier alpha value is -0.170. The molecule has 0 aliphatic heterocycles.